The highest BCUT2D eigenvalue weighted by atomic mass is 16.5. The molecular formula is C19H16O2. The van der Waals surface area contributed by atoms with Crippen LogP contribution in [0.1, 0.15) is 15.9 Å². The number of fused-ring (bicyclic) bond motifs is 1. The van der Waals surface area contributed by atoms with Gasteiger partial charge in [-0.15, -0.1) is 0 Å². The summed E-state index contributed by atoms with van der Waals surface area (Å²) < 4.78 is 5.25. The van der Waals surface area contributed by atoms with Gasteiger partial charge in [0.2, 0.25) is 0 Å². The first-order chi connectivity index (χ1) is 10.2. The largest absolute Gasteiger partial charge is 0.497 e. The lowest BCUT2D eigenvalue weighted by Crippen LogP contribution is -1.88. The van der Waals surface area contributed by atoms with Crippen LogP contribution in [0.3, 0.4) is 0 Å². The van der Waals surface area contributed by atoms with Gasteiger partial charge < -0.3 is 4.74 Å². The van der Waals surface area contributed by atoms with E-state index in [0.29, 0.717) is 5.56 Å². The van der Waals surface area contributed by atoms with E-state index in [9.17, 15) is 4.79 Å². The van der Waals surface area contributed by atoms with Crippen molar-refractivity contribution >= 4 is 17.1 Å². The van der Waals surface area contributed by atoms with Crippen LogP contribution in [0, 0.1) is 6.92 Å². The highest BCUT2D eigenvalue weighted by Crippen LogP contribution is 2.29. The zero-order valence-corrected chi connectivity index (χ0v) is 12.1. The maximum atomic E-state index is 11.0. The van der Waals surface area contributed by atoms with Gasteiger partial charge in [0.05, 0.1) is 7.11 Å². The third-order valence-electron chi connectivity index (χ3n) is 3.76. The van der Waals surface area contributed by atoms with E-state index in [2.05, 4.69) is 31.2 Å². The molecule has 0 saturated heterocycles. The van der Waals surface area contributed by atoms with Crippen molar-refractivity contribution in [3.05, 3.63) is 65.7 Å². The fourth-order valence-electron chi connectivity index (χ4n) is 2.54. The first-order valence-corrected chi connectivity index (χ1v) is 6.85. The third kappa shape index (κ3) is 2.52. The summed E-state index contributed by atoms with van der Waals surface area (Å²) >= 11 is 0. The van der Waals surface area contributed by atoms with Crippen LogP contribution in [0.5, 0.6) is 5.75 Å². The predicted molar refractivity (Wildman–Crippen MR) is 86.1 cm³/mol. The van der Waals surface area contributed by atoms with Crippen molar-refractivity contribution in [2.45, 2.75) is 6.92 Å². The molecule has 0 atom stereocenters. The van der Waals surface area contributed by atoms with Crippen LogP contribution in [0.2, 0.25) is 0 Å². The standard InChI is InChI=1S/C19H16O2/c1-13-3-4-14(12-20)9-19(13)17-6-5-16-11-18(21-2)8-7-15(16)10-17/h3-12H,1-2H3. The quantitative estimate of drug-likeness (QED) is 0.652. The number of carbonyl (C=O) groups excluding carboxylic acids is 1. The molecular weight excluding hydrogens is 260 g/mol. The molecule has 21 heavy (non-hydrogen) atoms. The Balaban J connectivity index is 2.15. The van der Waals surface area contributed by atoms with E-state index in [-0.39, 0.29) is 0 Å². The molecule has 0 bridgehead atoms. The molecule has 3 aromatic carbocycles. The third-order valence-corrected chi connectivity index (χ3v) is 3.76. The number of benzene rings is 3. The Morgan fingerprint density at radius 1 is 0.905 bits per heavy atom. The summed E-state index contributed by atoms with van der Waals surface area (Å²) in [7, 11) is 1.67. The van der Waals surface area contributed by atoms with Gasteiger partial charge in [-0.3, -0.25) is 4.79 Å². The van der Waals surface area contributed by atoms with Crippen molar-refractivity contribution in [1.29, 1.82) is 0 Å². The topological polar surface area (TPSA) is 26.3 Å². The highest BCUT2D eigenvalue weighted by molar-refractivity contribution is 5.89. The maximum Gasteiger partial charge on any atom is 0.150 e. The van der Waals surface area contributed by atoms with E-state index in [1.807, 2.05) is 30.3 Å². The van der Waals surface area contributed by atoms with Gasteiger partial charge in [-0.25, -0.2) is 0 Å². The van der Waals surface area contributed by atoms with Crippen molar-refractivity contribution in [3.8, 4) is 16.9 Å². The Morgan fingerprint density at radius 2 is 1.67 bits per heavy atom. The van der Waals surface area contributed by atoms with Gasteiger partial charge in [0.1, 0.15) is 12.0 Å². The van der Waals surface area contributed by atoms with Crippen LogP contribution in [-0.2, 0) is 0 Å². The number of carbonyl (C=O) groups is 1. The Kier molecular flexibility index (Phi) is 3.44. The minimum absolute atomic E-state index is 0.699. The van der Waals surface area contributed by atoms with Crippen LogP contribution in [0.15, 0.2) is 54.6 Å². The monoisotopic (exact) mass is 276 g/mol. The van der Waals surface area contributed by atoms with Crippen LogP contribution in [0.25, 0.3) is 21.9 Å². The fourth-order valence-corrected chi connectivity index (χ4v) is 2.54. The summed E-state index contributed by atoms with van der Waals surface area (Å²) in [6, 6.07) is 18.1. The minimum atomic E-state index is 0.699. The van der Waals surface area contributed by atoms with Gasteiger partial charge >= 0.3 is 0 Å². The Hall–Kier alpha value is -2.61. The van der Waals surface area contributed by atoms with Gasteiger partial charge in [-0.1, -0.05) is 30.3 Å². The van der Waals surface area contributed by atoms with E-state index in [4.69, 9.17) is 4.74 Å². The van der Waals surface area contributed by atoms with Gasteiger partial charge in [0.15, 0.2) is 0 Å². The lowest BCUT2D eigenvalue weighted by atomic mass is 9.96. The molecule has 3 rings (SSSR count). The zero-order chi connectivity index (χ0) is 14.8. The highest BCUT2D eigenvalue weighted by Gasteiger charge is 2.05. The summed E-state index contributed by atoms with van der Waals surface area (Å²) in [5, 5.41) is 2.30. The van der Waals surface area contributed by atoms with Gasteiger partial charge in [0, 0.05) is 5.56 Å². The molecule has 3 aromatic rings. The molecule has 0 saturated carbocycles. The molecule has 0 heterocycles. The zero-order valence-electron chi connectivity index (χ0n) is 12.1. The van der Waals surface area contributed by atoms with Crippen molar-refractivity contribution in [2.24, 2.45) is 0 Å². The first kappa shape index (κ1) is 13.4. The second-order valence-corrected chi connectivity index (χ2v) is 5.12. The van der Waals surface area contributed by atoms with Crippen LogP contribution in [-0.4, -0.2) is 13.4 Å². The van der Waals surface area contributed by atoms with E-state index in [1.165, 1.54) is 0 Å². The number of rotatable bonds is 3. The Morgan fingerprint density at radius 3 is 2.43 bits per heavy atom. The van der Waals surface area contributed by atoms with Crippen molar-refractivity contribution in [2.75, 3.05) is 7.11 Å². The average Bonchev–Trinajstić information content (AvgIpc) is 2.54. The number of aryl methyl sites for hydroxylation is 1. The number of hydrogen-bond acceptors (Lipinski definition) is 2. The Labute approximate surface area is 124 Å². The van der Waals surface area contributed by atoms with E-state index in [0.717, 1.165) is 39.5 Å². The van der Waals surface area contributed by atoms with Crippen molar-refractivity contribution in [3.63, 3.8) is 0 Å². The summed E-state index contributed by atoms with van der Waals surface area (Å²) in [5.74, 6) is 0.856. The Bertz CT molecular complexity index is 819. The molecule has 0 aliphatic heterocycles. The summed E-state index contributed by atoms with van der Waals surface area (Å²) in [6.45, 7) is 2.06. The molecule has 0 fully saturated rings. The normalized spacial score (nSPS) is 10.6. The predicted octanol–water partition coefficient (Wildman–Crippen LogP) is 4.64. The smallest absolute Gasteiger partial charge is 0.150 e. The lowest BCUT2D eigenvalue weighted by Gasteiger charge is -2.09. The molecule has 0 aromatic heterocycles. The summed E-state index contributed by atoms with van der Waals surface area (Å²) in [6.07, 6.45) is 0.884. The molecule has 0 aliphatic rings. The number of aldehydes is 1. The molecule has 104 valence electrons. The van der Waals surface area contributed by atoms with Gasteiger partial charge in [-0.2, -0.15) is 0 Å². The van der Waals surface area contributed by atoms with Gasteiger partial charge in [0.25, 0.3) is 0 Å². The molecule has 2 heteroatoms. The SMILES string of the molecule is COc1ccc2cc(-c3cc(C=O)ccc3C)ccc2c1. The van der Waals surface area contributed by atoms with Crippen LogP contribution >= 0.6 is 0 Å². The second-order valence-electron chi connectivity index (χ2n) is 5.12. The van der Waals surface area contributed by atoms with Crippen LogP contribution in [0.4, 0.5) is 0 Å². The second kappa shape index (κ2) is 5.41. The van der Waals surface area contributed by atoms with E-state index in [1.54, 1.807) is 7.11 Å². The molecule has 0 N–H and O–H groups in total. The van der Waals surface area contributed by atoms with Crippen molar-refractivity contribution < 1.29 is 9.53 Å². The molecule has 0 unspecified atom stereocenters. The number of methoxy groups -OCH3 is 1. The van der Waals surface area contributed by atoms with Gasteiger partial charge in [-0.05, 0) is 58.7 Å². The molecule has 0 radical (unpaired) electrons. The number of hydrogen-bond donors (Lipinski definition) is 0. The maximum absolute atomic E-state index is 11.0. The van der Waals surface area contributed by atoms with E-state index < -0.39 is 0 Å². The molecule has 0 aliphatic carbocycles. The average molecular weight is 276 g/mol. The molecule has 2 nitrogen and oxygen atoms in total. The minimum Gasteiger partial charge on any atom is -0.497 e. The van der Waals surface area contributed by atoms with Crippen LogP contribution < -0.4 is 4.74 Å². The summed E-state index contributed by atoms with van der Waals surface area (Å²) in [5.41, 5.74) is 4.07. The molecule has 0 spiro atoms. The fraction of sp³-hybridized carbons (Fsp3) is 0.105. The first-order valence-electron chi connectivity index (χ1n) is 6.85. The lowest BCUT2D eigenvalue weighted by molar-refractivity contribution is 0.112. The van der Waals surface area contributed by atoms with Crippen molar-refractivity contribution in [1.82, 2.24) is 0 Å². The molecule has 0 amide bonds. The number of ether oxygens (including phenoxy) is 1. The summed E-state index contributed by atoms with van der Waals surface area (Å²) in [4.78, 5) is 11.0. The van der Waals surface area contributed by atoms with E-state index >= 15 is 0 Å².